The van der Waals surface area contributed by atoms with E-state index >= 15 is 0 Å². The second-order valence-electron chi connectivity index (χ2n) is 4.80. The molecule has 1 saturated carbocycles. The first-order valence-electron chi connectivity index (χ1n) is 6.59. The first kappa shape index (κ1) is 15.0. The Labute approximate surface area is 121 Å². The van der Waals surface area contributed by atoms with Gasteiger partial charge in [-0.2, -0.15) is 5.10 Å². The smallest absolute Gasteiger partial charge is 0.332 e. The van der Waals surface area contributed by atoms with Crippen molar-refractivity contribution in [3.8, 4) is 5.75 Å². The van der Waals surface area contributed by atoms with Crippen LogP contribution in [0, 0.1) is 5.82 Å². The molecule has 6 nitrogen and oxygen atoms in total. The monoisotopic (exact) mass is 293 g/mol. The Balaban J connectivity index is 2.27. The highest BCUT2D eigenvalue weighted by molar-refractivity contribution is 6.06. The highest BCUT2D eigenvalue weighted by Gasteiger charge is 2.40. The summed E-state index contributed by atoms with van der Waals surface area (Å²) in [5.41, 5.74) is 6.27. The maximum atomic E-state index is 12.9. The molecule has 3 N–H and O–H groups in total. The quantitative estimate of drug-likeness (QED) is 0.654. The van der Waals surface area contributed by atoms with Crippen LogP contribution in [0.25, 0.3) is 0 Å². The number of hydrogen-bond donors (Lipinski definition) is 2. The van der Waals surface area contributed by atoms with Crippen LogP contribution in [-0.4, -0.2) is 23.6 Å². The number of carbonyl (C=O) groups is 2. The van der Waals surface area contributed by atoms with Gasteiger partial charge in [0.15, 0.2) is 6.29 Å². The maximum absolute atomic E-state index is 12.9. The van der Waals surface area contributed by atoms with E-state index in [1.165, 1.54) is 24.3 Å². The van der Waals surface area contributed by atoms with Gasteiger partial charge in [-0.1, -0.05) is 0 Å². The number of nitrogens with zero attached hydrogens (tertiary/aromatic N) is 1. The maximum Gasteiger partial charge on any atom is 0.332 e. The summed E-state index contributed by atoms with van der Waals surface area (Å²) in [7, 11) is 0. The lowest BCUT2D eigenvalue weighted by molar-refractivity contribution is -0.117. The van der Waals surface area contributed by atoms with Crippen molar-refractivity contribution in [1.29, 1.82) is 0 Å². The van der Waals surface area contributed by atoms with Gasteiger partial charge in [-0.05, 0) is 49.9 Å². The largest absolute Gasteiger partial charge is 0.474 e. The Morgan fingerprint density at radius 3 is 2.71 bits per heavy atom. The van der Waals surface area contributed by atoms with E-state index in [4.69, 9.17) is 10.5 Å². The van der Waals surface area contributed by atoms with Gasteiger partial charge in [0, 0.05) is 0 Å². The third-order valence-corrected chi connectivity index (χ3v) is 3.31. The lowest BCUT2D eigenvalue weighted by atomic mass is 9.83. The van der Waals surface area contributed by atoms with Crippen molar-refractivity contribution < 1.29 is 18.7 Å². The number of ether oxygens (including phenoxy) is 1. The minimum absolute atomic E-state index is 0.358. The second-order valence-corrected chi connectivity index (χ2v) is 4.80. The van der Waals surface area contributed by atoms with Crippen molar-refractivity contribution in [2.45, 2.75) is 31.3 Å². The molecule has 0 aromatic heterocycles. The van der Waals surface area contributed by atoms with Crippen LogP contribution in [-0.2, 0) is 4.79 Å². The zero-order chi connectivity index (χ0) is 15.3. The summed E-state index contributed by atoms with van der Waals surface area (Å²) in [4.78, 5) is 22.4. The van der Waals surface area contributed by atoms with E-state index in [0.717, 1.165) is 12.8 Å². The zero-order valence-electron chi connectivity index (χ0n) is 11.3. The molecule has 2 amide bonds. The van der Waals surface area contributed by atoms with Gasteiger partial charge in [0.1, 0.15) is 11.6 Å². The van der Waals surface area contributed by atoms with Gasteiger partial charge in [-0.15, -0.1) is 0 Å². The molecule has 1 aromatic carbocycles. The van der Waals surface area contributed by atoms with Crippen LogP contribution in [0.2, 0.25) is 0 Å². The molecule has 0 heterocycles. The van der Waals surface area contributed by atoms with E-state index in [9.17, 15) is 14.0 Å². The number of hydrazone groups is 1. The van der Waals surface area contributed by atoms with Gasteiger partial charge in [-0.3, -0.25) is 4.79 Å². The van der Waals surface area contributed by atoms with E-state index in [0.29, 0.717) is 30.6 Å². The van der Waals surface area contributed by atoms with E-state index < -0.39 is 17.4 Å². The highest BCUT2D eigenvalue weighted by atomic mass is 19.1. The molecule has 1 aliphatic rings. The molecule has 0 aliphatic heterocycles. The van der Waals surface area contributed by atoms with Gasteiger partial charge in [-0.25, -0.2) is 14.6 Å². The van der Waals surface area contributed by atoms with Crippen molar-refractivity contribution in [2.24, 2.45) is 10.8 Å². The number of amides is 2. The average molecular weight is 293 g/mol. The molecule has 1 aromatic rings. The molecule has 112 valence electrons. The Hall–Kier alpha value is -2.44. The highest BCUT2D eigenvalue weighted by Crippen LogP contribution is 2.30. The van der Waals surface area contributed by atoms with Gasteiger partial charge in [0.2, 0.25) is 5.60 Å². The number of rotatable bonds is 4. The normalized spacial score (nSPS) is 23.6. The van der Waals surface area contributed by atoms with Crippen LogP contribution in [0.4, 0.5) is 9.18 Å². The lowest BCUT2D eigenvalue weighted by Crippen LogP contribution is -2.49. The summed E-state index contributed by atoms with van der Waals surface area (Å²) >= 11 is 0. The summed E-state index contributed by atoms with van der Waals surface area (Å²) in [6.45, 7) is 0. The minimum atomic E-state index is -1.25. The number of halogens is 1. The molecule has 0 saturated heterocycles. The fourth-order valence-corrected chi connectivity index (χ4v) is 2.28. The van der Waals surface area contributed by atoms with Crippen molar-refractivity contribution >= 4 is 18.0 Å². The molecule has 21 heavy (non-hydrogen) atoms. The topological polar surface area (TPSA) is 93.8 Å². The zero-order valence-corrected chi connectivity index (χ0v) is 11.3. The van der Waals surface area contributed by atoms with E-state index in [2.05, 4.69) is 10.5 Å². The van der Waals surface area contributed by atoms with Gasteiger partial charge in [0.05, 0.1) is 5.71 Å². The molecule has 0 bridgehead atoms. The molecule has 7 heteroatoms. The van der Waals surface area contributed by atoms with Crippen molar-refractivity contribution in [1.82, 2.24) is 5.43 Å². The molecule has 1 aliphatic carbocycles. The standard InChI is InChI=1S/C14H16FN3O3/c15-10-4-6-11(7-5-10)21-14(9-19)8-2-1-3-12(14)17-18-13(16)20/h4-7,9H,1-3,8H2,(H3,16,18,20). The van der Waals surface area contributed by atoms with Crippen LogP contribution >= 0.6 is 0 Å². The lowest BCUT2D eigenvalue weighted by Gasteiger charge is -2.33. The predicted octanol–water partition coefficient (Wildman–Crippen LogP) is 1.74. The van der Waals surface area contributed by atoms with Gasteiger partial charge in [0.25, 0.3) is 0 Å². The average Bonchev–Trinajstić information content (AvgIpc) is 2.48. The molecule has 0 spiro atoms. The number of nitrogens with one attached hydrogen (secondary N) is 1. The molecule has 2 rings (SSSR count). The van der Waals surface area contributed by atoms with Crippen LogP contribution < -0.4 is 15.9 Å². The SMILES string of the molecule is NC(=O)NN=C1CCCCC1(C=O)Oc1ccc(F)cc1. The fourth-order valence-electron chi connectivity index (χ4n) is 2.28. The summed E-state index contributed by atoms with van der Waals surface area (Å²) in [6, 6.07) is 4.56. The van der Waals surface area contributed by atoms with Crippen molar-refractivity contribution in [3.05, 3.63) is 30.1 Å². The van der Waals surface area contributed by atoms with Gasteiger partial charge < -0.3 is 10.5 Å². The number of hydrogen-bond acceptors (Lipinski definition) is 4. The number of benzene rings is 1. The first-order valence-corrected chi connectivity index (χ1v) is 6.59. The number of carbonyl (C=O) groups excluding carboxylic acids is 2. The van der Waals surface area contributed by atoms with Crippen molar-refractivity contribution in [3.63, 3.8) is 0 Å². The first-order chi connectivity index (χ1) is 10.1. The van der Waals surface area contributed by atoms with E-state index in [1.54, 1.807) is 0 Å². The third kappa shape index (κ3) is 3.56. The molecule has 0 radical (unpaired) electrons. The Morgan fingerprint density at radius 2 is 2.10 bits per heavy atom. The van der Waals surface area contributed by atoms with E-state index in [-0.39, 0.29) is 0 Å². The second kappa shape index (κ2) is 6.34. The molecule has 1 fully saturated rings. The van der Waals surface area contributed by atoms with E-state index in [1.807, 2.05) is 0 Å². The van der Waals surface area contributed by atoms with Crippen molar-refractivity contribution in [2.75, 3.05) is 0 Å². The summed E-state index contributed by atoms with van der Waals surface area (Å²) < 4.78 is 18.7. The Kier molecular flexibility index (Phi) is 4.52. The predicted molar refractivity (Wildman–Crippen MR) is 74.4 cm³/mol. The Morgan fingerprint density at radius 1 is 1.38 bits per heavy atom. The number of aldehydes is 1. The minimum Gasteiger partial charge on any atom is -0.474 e. The molecule has 1 atom stereocenters. The van der Waals surface area contributed by atoms with Crippen LogP contribution in [0.5, 0.6) is 5.75 Å². The number of primary amides is 1. The number of urea groups is 1. The summed E-state index contributed by atoms with van der Waals surface area (Å²) in [5.74, 6) is -0.0346. The molecule has 1 unspecified atom stereocenters. The fraction of sp³-hybridized carbons (Fsp3) is 0.357. The summed E-state index contributed by atoms with van der Waals surface area (Å²) in [5, 5.41) is 3.88. The molecular formula is C14H16FN3O3. The third-order valence-electron chi connectivity index (χ3n) is 3.31. The Bertz CT molecular complexity index is 559. The number of nitrogens with two attached hydrogens (primary N) is 1. The van der Waals surface area contributed by atoms with Crippen LogP contribution in [0.15, 0.2) is 29.4 Å². The van der Waals surface area contributed by atoms with Crippen LogP contribution in [0.1, 0.15) is 25.7 Å². The summed E-state index contributed by atoms with van der Waals surface area (Å²) in [6.07, 6.45) is 3.24. The molecular weight excluding hydrogens is 277 g/mol. The van der Waals surface area contributed by atoms with Crippen LogP contribution in [0.3, 0.4) is 0 Å². The van der Waals surface area contributed by atoms with Gasteiger partial charge >= 0.3 is 6.03 Å².